The smallest absolute Gasteiger partial charge is 0.326 e. The Kier molecular flexibility index (Phi) is 5.88. The van der Waals surface area contributed by atoms with Gasteiger partial charge in [-0.2, -0.15) is 4.99 Å². The highest BCUT2D eigenvalue weighted by atomic mass is 32.2. The molecule has 4 bridgehead atoms. The van der Waals surface area contributed by atoms with Gasteiger partial charge in [0.25, 0.3) is 5.91 Å². The van der Waals surface area contributed by atoms with Gasteiger partial charge in [-0.1, -0.05) is 18.2 Å². The molecular formula is C31H31FN2O4S. The van der Waals surface area contributed by atoms with Crippen molar-refractivity contribution in [1.82, 2.24) is 4.90 Å². The van der Waals surface area contributed by atoms with Gasteiger partial charge in [0.1, 0.15) is 6.04 Å². The number of hydrogen-bond acceptors (Lipinski definition) is 5. The number of amides is 1. The fourth-order valence-electron chi connectivity index (χ4n) is 8.34. The zero-order valence-electron chi connectivity index (χ0n) is 21.6. The van der Waals surface area contributed by atoms with Crippen molar-refractivity contribution in [3.05, 3.63) is 58.2 Å². The van der Waals surface area contributed by atoms with Crippen LogP contribution in [0.2, 0.25) is 0 Å². The molecule has 8 heteroatoms. The summed E-state index contributed by atoms with van der Waals surface area (Å²) in [5.74, 6) is -0.0244. The van der Waals surface area contributed by atoms with E-state index in [1.807, 2.05) is 30.3 Å². The number of thioether (sulfide) groups is 1. The average Bonchev–Trinajstić information content (AvgIpc) is 3.52. The van der Waals surface area contributed by atoms with E-state index in [0.717, 1.165) is 47.9 Å². The number of rotatable bonds is 4. The van der Waals surface area contributed by atoms with Crippen LogP contribution in [-0.2, 0) is 15.0 Å². The molecule has 0 spiro atoms. The van der Waals surface area contributed by atoms with E-state index in [9.17, 15) is 19.8 Å². The van der Waals surface area contributed by atoms with Crippen LogP contribution in [0.5, 0.6) is 5.75 Å². The molecule has 5 fully saturated rings. The largest absolute Gasteiger partial charge is 0.505 e. The van der Waals surface area contributed by atoms with E-state index < -0.39 is 17.8 Å². The minimum atomic E-state index is -0.901. The van der Waals surface area contributed by atoms with Gasteiger partial charge in [0.05, 0.1) is 4.91 Å². The Balaban J connectivity index is 1.18. The number of benzene rings is 2. The van der Waals surface area contributed by atoms with Crippen LogP contribution in [0.3, 0.4) is 0 Å². The van der Waals surface area contributed by atoms with Gasteiger partial charge >= 0.3 is 5.97 Å². The molecule has 2 aromatic rings. The average molecular weight is 547 g/mol. The van der Waals surface area contributed by atoms with Crippen LogP contribution in [0.1, 0.15) is 62.5 Å². The first-order valence-corrected chi connectivity index (χ1v) is 14.7. The summed E-state index contributed by atoms with van der Waals surface area (Å²) in [5, 5.41) is 20.8. The Morgan fingerprint density at radius 3 is 2.49 bits per heavy atom. The van der Waals surface area contributed by atoms with Crippen molar-refractivity contribution in [1.29, 1.82) is 0 Å². The van der Waals surface area contributed by atoms with Gasteiger partial charge in [0.2, 0.25) is 0 Å². The van der Waals surface area contributed by atoms with Crippen molar-refractivity contribution in [2.24, 2.45) is 22.7 Å². The number of carbonyl (C=O) groups excluding carboxylic acids is 1. The molecule has 2 N–H and O–H groups in total. The van der Waals surface area contributed by atoms with Gasteiger partial charge in [0.15, 0.2) is 16.7 Å². The first-order chi connectivity index (χ1) is 18.8. The fraction of sp³-hybridized carbons (Fsp3) is 0.452. The molecule has 0 aromatic heterocycles. The van der Waals surface area contributed by atoms with Gasteiger partial charge in [-0.15, -0.1) is 0 Å². The summed E-state index contributed by atoms with van der Waals surface area (Å²) in [6, 6.07) is 10.3. The highest BCUT2D eigenvalue weighted by molar-refractivity contribution is 8.18. The standard InChI is InChI=1S/C31H31FN2O4S/c32-24-13-22(12-23(27(24)35)31-14-18-7-19(15-31)9-20(8-18)16-31)21-4-1-3-17(10-21)11-26-28(36)33-30(39-26)34-6-2-5-25(34)29(37)38/h1,3-4,10-13,18-20,25,35H,2,5-9,14-16H2,(H,37,38)/t18?,19?,20?,25-,31?/m0/s1. The number of amidine groups is 1. The van der Waals surface area contributed by atoms with E-state index in [0.29, 0.717) is 40.8 Å². The van der Waals surface area contributed by atoms with Crippen molar-refractivity contribution in [2.45, 2.75) is 62.8 Å². The maximum atomic E-state index is 15.2. The Labute approximate surface area is 231 Å². The van der Waals surface area contributed by atoms with Crippen LogP contribution in [-0.4, -0.2) is 44.7 Å². The van der Waals surface area contributed by atoms with Crippen LogP contribution < -0.4 is 0 Å². The van der Waals surface area contributed by atoms with Crippen LogP contribution in [0.4, 0.5) is 4.39 Å². The van der Waals surface area contributed by atoms with Crippen LogP contribution in [0, 0.1) is 23.6 Å². The molecule has 6 aliphatic rings. The second kappa shape index (κ2) is 9.22. The number of carbonyl (C=O) groups is 2. The monoisotopic (exact) mass is 546 g/mol. The molecule has 0 radical (unpaired) electrons. The van der Waals surface area contributed by atoms with E-state index in [1.165, 1.54) is 37.1 Å². The SMILES string of the molecule is O=C1N=C(N2CCC[C@H]2C(=O)O)SC1=Cc1cccc(-c2cc(F)c(O)c(C34CC5CC(CC(C5)C3)C4)c2)c1. The summed E-state index contributed by atoms with van der Waals surface area (Å²) >= 11 is 1.20. The minimum absolute atomic E-state index is 0.140. The summed E-state index contributed by atoms with van der Waals surface area (Å²) in [4.78, 5) is 30.6. The molecule has 2 aliphatic heterocycles. The zero-order chi connectivity index (χ0) is 26.9. The molecule has 1 amide bonds. The first kappa shape index (κ1) is 24.9. The quantitative estimate of drug-likeness (QED) is 0.445. The summed E-state index contributed by atoms with van der Waals surface area (Å²) in [6.45, 7) is 0.567. The van der Waals surface area contributed by atoms with Gasteiger partial charge in [-0.3, -0.25) is 4.79 Å². The number of aromatic hydroxyl groups is 1. The van der Waals surface area contributed by atoms with E-state index in [-0.39, 0.29) is 17.1 Å². The van der Waals surface area contributed by atoms with Crippen molar-refractivity contribution < 1.29 is 24.2 Å². The molecule has 2 aromatic carbocycles. The second-order valence-corrected chi connectivity index (χ2v) is 13.2. The topological polar surface area (TPSA) is 90.2 Å². The van der Waals surface area contributed by atoms with Gasteiger partial charge in [-0.05, 0) is 127 Å². The molecular weight excluding hydrogens is 515 g/mol. The lowest BCUT2D eigenvalue weighted by Crippen LogP contribution is -2.48. The van der Waals surface area contributed by atoms with Crippen molar-refractivity contribution in [2.75, 3.05) is 6.54 Å². The van der Waals surface area contributed by atoms with Crippen LogP contribution in [0.25, 0.3) is 17.2 Å². The Morgan fingerprint density at radius 1 is 1.08 bits per heavy atom. The van der Waals surface area contributed by atoms with Gasteiger partial charge < -0.3 is 15.1 Å². The first-order valence-electron chi connectivity index (χ1n) is 13.9. The van der Waals surface area contributed by atoms with Crippen LogP contribution >= 0.6 is 11.8 Å². The van der Waals surface area contributed by atoms with Crippen molar-refractivity contribution >= 4 is 34.9 Å². The lowest BCUT2D eigenvalue weighted by atomic mass is 9.48. The molecule has 2 heterocycles. The molecule has 1 saturated heterocycles. The van der Waals surface area contributed by atoms with Crippen LogP contribution in [0.15, 0.2) is 46.3 Å². The third-order valence-electron chi connectivity index (χ3n) is 9.58. The van der Waals surface area contributed by atoms with Crippen molar-refractivity contribution in [3.8, 4) is 16.9 Å². The third kappa shape index (κ3) is 4.28. The van der Waals surface area contributed by atoms with E-state index in [4.69, 9.17) is 0 Å². The summed E-state index contributed by atoms with van der Waals surface area (Å²) in [7, 11) is 0. The summed E-state index contributed by atoms with van der Waals surface area (Å²) in [6.07, 6.45) is 9.96. The normalized spacial score (nSPS) is 32.3. The number of aliphatic carboxylic acids is 1. The number of halogens is 1. The summed E-state index contributed by atoms with van der Waals surface area (Å²) in [5.41, 5.74) is 2.94. The number of aliphatic imine (C=N–C) groups is 1. The third-order valence-corrected chi connectivity index (χ3v) is 10.6. The molecule has 6 nitrogen and oxygen atoms in total. The molecule has 4 aliphatic carbocycles. The second-order valence-electron chi connectivity index (χ2n) is 12.2. The van der Waals surface area contributed by atoms with Gasteiger partial charge in [0, 0.05) is 12.1 Å². The highest BCUT2D eigenvalue weighted by Crippen LogP contribution is 2.62. The predicted octanol–water partition coefficient (Wildman–Crippen LogP) is 6.19. The minimum Gasteiger partial charge on any atom is -0.505 e. The van der Waals surface area contributed by atoms with Crippen molar-refractivity contribution in [3.63, 3.8) is 0 Å². The number of phenolic OH excluding ortho intramolecular Hbond substituents is 1. The lowest BCUT2D eigenvalue weighted by molar-refractivity contribution is -0.140. The fourth-order valence-corrected chi connectivity index (χ4v) is 9.33. The zero-order valence-corrected chi connectivity index (χ0v) is 22.4. The number of carboxylic acid groups (broad SMARTS) is 1. The molecule has 0 unspecified atom stereocenters. The molecule has 1 atom stereocenters. The van der Waals surface area contributed by atoms with E-state index >= 15 is 4.39 Å². The predicted molar refractivity (Wildman–Crippen MR) is 149 cm³/mol. The van der Waals surface area contributed by atoms with E-state index in [1.54, 1.807) is 11.0 Å². The number of hydrogen-bond donors (Lipinski definition) is 2. The molecule has 39 heavy (non-hydrogen) atoms. The number of carboxylic acids is 1. The van der Waals surface area contributed by atoms with E-state index in [2.05, 4.69) is 4.99 Å². The highest BCUT2D eigenvalue weighted by Gasteiger charge is 2.52. The Morgan fingerprint density at radius 2 is 1.79 bits per heavy atom. The molecule has 202 valence electrons. The lowest BCUT2D eigenvalue weighted by Gasteiger charge is -2.57. The maximum Gasteiger partial charge on any atom is 0.326 e. The number of likely N-dealkylation sites (tertiary alicyclic amines) is 1. The molecule has 4 saturated carbocycles. The summed E-state index contributed by atoms with van der Waals surface area (Å²) < 4.78 is 15.2. The molecule has 8 rings (SSSR count). The Hall–Kier alpha value is -3.13. The van der Waals surface area contributed by atoms with Gasteiger partial charge in [-0.25, -0.2) is 9.18 Å². The maximum absolute atomic E-state index is 15.2. The number of phenols is 1. The number of nitrogens with zero attached hydrogens (tertiary/aromatic N) is 2. The Bertz CT molecular complexity index is 1410.